The van der Waals surface area contributed by atoms with Crippen molar-refractivity contribution in [3.63, 3.8) is 0 Å². The molecule has 1 aromatic rings. The zero-order chi connectivity index (χ0) is 13.0. The highest BCUT2D eigenvalue weighted by Crippen LogP contribution is 2.16. The van der Waals surface area contributed by atoms with Crippen molar-refractivity contribution in [2.45, 2.75) is 25.8 Å². The second kappa shape index (κ2) is 6.45. The topological polar surface area (TPSA) is 23.6 Å². The van der Waals surface area contributed by atoms with Crippen LogP contribution in [0.3, 0.4) is 0 Å². The largest absolute Gasteiger partial charge is 0.303 e. The van der Waals surface area contributed by atoms with Gasteiger partial charge in [-0.05, 0) is 51.0 Å². The molecule has 1 aliphatic heterocycles. The van der Waals surface area contributed by atoms with Gasteiger partial charge in [-0.3, -0.25) is 9.69 Å². The molecule has 0 aliphatic carbocycles. The number of hydrogen-bond acceptors (Lipinski definition) is 4. The first-order valence-corrected chi connectivity index (χ1v) is 7.58. The molecule has 4 heteroatoms. The van der Waals surface area contributed by atoms with Gasteiger partial charge in [0.1, 0.15) is 0 Å². The normalized spacial score (nSPS) is 18.4. The smallest absolute Gasteiger partial charge is 0.186 e. The molecule has 0 bridgehead atoms. The molecule has 0 unspecified atom stereocenters. The molecule has 0 atom stereocenters. The van der Waals surface area contributed by atoms with Crippen LogP contribution in [0.4, 0.5) is 0 Å². The third kappa shape index (κ3) is 3.40. The Hall–Kier alpha value is -0.710. The molecule has 3 nitrogen and oxygen atoms in total. The van der Waals surface area contributed by atoms with Crippen LogP contribution in [0.5, 0.6) is 0 Å². The van der Waals surface area contributed by atoms with Gasteiger partial charge in [-0.25, -0.2) is 0 Å². The summed E-state index contributed by atoms with van der Waals surface area (Å²) in [7, 11) is 2.08. The van der Waals surface area contributed by atoms with Gasteiger partial charge < -0.3 is 4.90 Å². The monoisotopic (exact) mass is 266 g/mol. The SMILES string of the molecule is CCN1CCC(N(C)CC(=O)c2cccs2)CC1. The fourth-order valence-electron chi connectivity index (χ4n) is 2.55. The lowest BCUT2D eigenvalue weighted by atomic mass is 10.0. The first-order chi connectivity index (χ1) is 8.70. The first-order valence-electron chi connectivity index (χ1n) is 6.70. The number of piperidine rings is 1. The molecule has 0 saturated carbocycles. The zero-order valence-corrected chi connectivity index (χ0v) is 12.1. The molecule has 1 saturated heterocycles. The van der Waals surface area contributed by atoms with Gasteiger partial charge in [-0.2, -0.15) is 0 Å². The summed E-state index contributed by atoms with van der Waals surface area (Å²) in [5, 5.41) is 1.97. The molecule has 100 valence electrons. The molecule has 1 fully saturated rings. The van der Waals surface area contributed by atoms with Crippen molar-refractivity contribution in [2.24, 2.45) is 0 Å². The van der Waals surface area contributed by atoms with Crippen molar-refractivity contribution in [1.82, 2.24) is 9.80 Å². The standard InChI is InChI=1S/C14H22N2OS/c1-3-16-8-6-12(7-9-16)15(2)11-13(17)14-5-4-10-18-14/h4-5,10,12H,3,6-9,11H2,1-2H3. The molecule has 0 N–H and O–H groups in total. The Kier molecular flexibility index (Phi) is 4.92. The van der Waals surface area contributed by atoms with Gasteiger partial charge in [0.15, 0.2) is 5.78 Å². The Morgan fingerprint density at radius 3 is 2.78 bits per heavy atom. The van der Waals surface area contributed by atoms with E-state index in [0.717, 1.165) is 11.4 Å². The summed E-state index contributed by atoms with van der Waals surface area (Å²) in [5.74, 6) is 0.255. The number of carbonyl (C=O) groups excluding carboxylic acids is 1. The second-order valence-electron chi connectivity index (χ2n) is 4.98. The van der Waals surface area contributed by atoms with Crippen LogP contribution < -0.4 is 0 Å². The Bertz CT molecular complexity index is 369. The molecule has 2 heterocycles. The van der Waals surface area contributed by atoms with Gasteiger partial charge in [0, 0.05) is 6.04 Å². The zero-order valence-electron chi connectivity index (χ0n) is 11.3. The highest BCUT2D eigenvalue weighted by Gasteiger charge is 2.23. The van der Waals surface area contributed by atoms with Crippen molar-refractivity contribution in [2.75, 3.05) is 33.2 Å². The summed E-state index contributed by atoms with van der Waals surface area (Å²) in [6.45, 7) is 6.24. The molecule has 0 spiro atoms. The number of likely N-dealkylation sites (N-methyl/N-ethyl adjacent to an activating group) is 1. The number of Topliss-reactive ketones (excluding diaryl/α,β-unsaturated/α-hetero) is 1. The van der Waals surface area contributed by atoms with E-state index < -0.39 is 0 Å². The maximum atomic E-state index is 12.0. The van der Waals surface area contributed by atoms with Gasteiger partial charge in [0.25, 0.3) is 0 Å². The maximum absolute atomic E-state index is 12.0. The Labute approximate surface area is 113 Å². The fourth-order valence-corrected chi connectivity index (χ4v) is 3.20. The Morgan fingerprint density at radius 1 is 1.50 bits per heavy atom. The average Bonchev–Trinajstić information content (AvgIpc) is 2.92. The molecule has 2 rings (SSSR count). The Balaban J connectivity index is 1.82. The van der Waals surface area contributed by atoms with Crippen LogP contribution in [0.25, 0.3) is 0 Å². The number of nitrogens with zero attached hydrogens (tertiary/aromatic N) is 2. The van der Waals surface area contributed by atoms with E-state index in [9.17, 15) is 4.79 Å². The molecular formula is C14H22N2OS. The minimum absolute atomic E-state index is 0.255. The molecule has 0 amide bonds. The quantitative estimate of drug-likeness (QED) is 0.764. The minimum Gasteiger partial charge on any atom is -0.303 e. The van der Waals surface area contributed by atoms with E-state index in [1.165, 1.54) is 37.3 Å². The predicted octanol–water partition coefficient (Wildman–Crippen LogP) is 2.35. The van der Waals surface area contributed by atoms with Crippen LogP contribution in [0.15, 0.2) is 17.5 Å². The first kappa shape index (κ1) is 13.7. The predicted molar refractivity (Wildman–Crippen MR) is 76.4 cm³/mol. The molecule has 0 radical (unpaired) electrons. The summed E-state index contributed by atoms with van der Waals surface area (Å²) < 4.78 is 0. The van der Waals surface area contributed by atoms with Gasteiger partial charge in [-0.15, -0.1) is 11.3 Å². The lowest BCUT2D eigenvalue weighted by molar-refractivity contribution is 0.0862. The van der Waals surface area contributed by atoms with Crippen LogP contribution in [-0.2, 0) is 0 Å². The summed E-state index contributed by atoms with van der Waals surface area (Å²) in [5.41, 5.74) is 0. The molecule has 18 heavy (non-hydrogen) atoms. The lowest BCUT2D eigenvalue weighted by Gasteiger charge is -2.35. The second-order valence-corrected chi connectivity index (χ2v) is 5.93. The van der Waals surface area contributed by atoms with Crippen LogP contribution in [0, 0.1) is 0 Å². The van der Waals surface area contributed by atoms with Crippen LogP contribution in [0.2, 0.25) is 0 Å². The van der Waals surface area contributed by atoms with E-state index in [1.54, 1.807) is 0 Å². The van der Waals surface area contributed by atoms with E-state index in [1.807, 2.05) is 17.5 Å². The number of hydrogen-bond donors (Lipinski definition) is 0. The number of ketones is 1. The fraction of sp³-hybridized carbons (Fsp3) is 0.643. The molecular weight excluding hydrogens is 244 g/mol. The molecule has 1 aliphatic rings. The van der Waals surface area contributed by atoms with E-state index in [0.29, 0.717) is 12.6 Å². The summed E-state index contributed by atoms with van der Waals surface area (Å²) >= 11 is 1.54. The maximum Gasteiger partial charge on any atom is 0.186 e. The number of carbonyl (C=O) groups is 1. The van der Waals surface area contributed by atoms with Crippen molar-refractivity contribution in [3.05, 3.63) is 22.4 Å². The lowest BCUT2D eigenvalue weighted by Crippen LogP contribution is -2.44. The van der Waals surface area contributed by atoms with Gasteiger partial charge >= 0.3 is 0 Å². The molecule has 0 aromatic carbocycles. The van der Waals surface area contributed by atoms with E-state index >= 15 is 0 Å². The third-order valence-corrected chi connectivity index (χ3v) is 4.73. The van der Waals surface area contributed by atoms with Crippen LogP contribution in [0.1, 0.15) is 29.4 Å². The van der Waals surface area contributed by atoms with Crippen molar-refractivity contribution >= 4 is 17.1 Å². The highest BCUT2D eigenvalue weighted by atomic mass is 32.1. The van der Waals surface area contributed by atoms with Crippen LogP contribution in [-0.4, -0.2) is 54.9 Å². The highest BCUT2D eigenvalue weighted by molar-refractivity contribution is 7.12. The molecule has 1 aromatic heterocycles. The average molecular weight is 266 g/mol. The van der Waals surface area contributed by atoms with E-state index in [-0.39, 0.29) is 5.78 Å². The van der Waals surface area contributed by atoms with Crippen LogP contribution >= 0.6 is 11.3 Å². The summed E-state index contributed by atoms with van der Waals surface area (Å²) in [6, 6.07) is 4.43. The number of rotatable bonds is 5. The third-order valence-electron chi connectivity index (χ3n) is 3.82. The van der Waals surface area contributed by atoms with Gasteiger partial charge in [0.2, 0.25) is 0 Å². The van der Waals surface area contributed by atoms with Crippen molar-refractivity contribution in [3.8, 4) is 0 Å². The van der Waals surface area contributed by atoms with Gasteiger partial charge in [0.05, 0.1) is 11.4 Å². The Morgan fingerprint density at radius 2 is 2.22 bits per heavy atom. The van der Waals surface area contributed by atoms with E-state index in [4.69, 9.17) is 0 Å². The summed E-state index contributed by atoms with van der Waals surface area (Å²) in [4.78, 5) is 17.6. The van der Waals surface area contributed by atoms with Crippen molar-refractivity contribution in [1.29, 1.82) is 0 Å². The van der Waals surface area contributed by atoms with Gasteiger partial charge in [-0.1, -0.05) is 13.0 Å². The van der Waals surface area contributed by atoms with Crippen molar-refractivity contribution < 1.29 is 4.79 Å². The minimum atomic E-state index is 0.255. The number of likely N-dealkylation sites (tertiary alicyclic amines) is 1. The number of thiophene rings is 1. The van der Waals surface area contributed by atoms with E-state index in [2.05, 4.69) is 23.8 Å². The summed E-state index contributed by atoms with van der Waals surface area (Å²) in [6.07, 6.45) is 2.37.